The van der Waals surface area contributed by atoms with Gasteiger partial charge in [-0.15, -0.1) is 6.58 Å². The normalized spacial score (nSPS) is 10.0. The van der Waals surface area contributed by atoms with E-state index in [0.29, 0.717) is 13.2 Å². The maximum atomic E-state index is 12.9. The first-order valence-corrected chi connectivity index (χ1v) is 4.24. The highest BCUT2D eigenvalue weighted by Gasteiger charge is 2.00. The van der Waals surface area contributed by atoms with Gasteiger partial charge in [0.05, 0.1) is 18.2 Å². The predicted octanol–water partition coefficient (Wildman–Crippen LogP) is 3.18. The molecule has 0 radical (unpaired) electrons. The molecule has 0 saturated carbocycles. The number of hydrogen-bond donors (Lipinski definition) is 0. The van der Waals surface area contributed by atoms with Gasteiger partial charge < -0.3 is 4.74 Å². The number of rotatable bonds is 4. The Kier molecular flexibility index (Phi) is 3.93. The third-order valence-electron chi connectivity index (χ3n) is 1.49. The van der Waals surface area contributed by atoms with E-state index in [1.165, 1.54) is 12.1 Å². The monoisotopic (exact) mass is 200 g/mol. The van der Waals surface area contributed by atoms with E-state index < -0.39 is 5.82 Å². The lowest BCUT2D eigenvalue weighted by atomic mass is 10.2. The van der Waals surface area contributed by atoms with Gasteiger partial charge in [-0.1, -0.05) is 23.7 Å². The van der Waals surface area contributed by atoms with E-state index in [1.807, 2.05) is 0 Å². The fourth-order valence-electron chi connectivity index (χ4n) is 0.890. The van der Waals surface area contributed by atoms with Crippen molar-refractivity contribution in [1.29, 1.82) is 0 Å². The van der Waals surface area contributed by atoms with Gasteiger partial charge in [0.15, 0.2) is 0 Å². The lowest BCUT2D eigenvalue weighted by molar-refractivity contribution is 0.148. The van der Waals surface area contributed by atoms with Crippen LogP contribution in [-0.2, 0) is 11.3 Å². The van der Waals surface area contributed by atoms with Crippen LogP contribution in [0.5, 0.6) is 0 Å². The summed E-state index contributed by atoms with van der Waals surface area (Å²) < 4.78 is 18.0. The molecule has 1 rings (SSSR count). The molecule has 0 unspecified atom stereocenters. The summed E-state index contributed by atoms with van der Waals surface area (Å²) in [5.41, 5.74) is 0.767. The SMILES string of the molecule is C=CCOCc1ccc(Cl)c(F)c1. The Morgan fingerprint density at radius 3 is 2.92 bits per heavy atom. The van der Waals surface area contributed by atoms with Crippen molar-refractivity contribution in [2.75, 3.05) is 6.61 Å². The molecule has 70 valence electrons. The molecule has 1 aromatic rings. The zero-order chi connectivity index (χ0) is 9.68. The number of ether oxygens (including phenoxy) is 1. The number of benzene rings is 1. The third kappa shape index (κ3) is 3.17. The second kappa shape index (κ2) is 5.00. The summed E-state index contributed by atoms with van der Waals surface area (Å²) in [4.78, 5) is 0. The fraction of sp³-hybridized carbons (Fsp3) is 0.200. The first-order valence-electron chi connectivity index (χ1n) is 3.86. The van der Waals surface area contributed by atoms with Crippen molar-refractivity contribution in [3.05, 3.63) is 47.3 Å². The minimum Gasteiger partial charge on any atom is -0.373 e. The minimum atomic E-state index is -0.415. The predicted molar refractivity (Wildman–Crippen MR) is 51.3 cm³/mol. The Morgan fingerprint density at radius 2 is 2.31 bits per heavy atom. The van der Waals surface area contributed by atoms with Gasteiger partial charge in [-0.3, -0.25) is 0 Å². The van der Waals surface area contributed by atoms with Crippen LogP contribution < -0.4 is 0 Å². The number of hydrogen-bond acceptors (Lipinski definition) is 1. The van der Waals surface area contributed by atoms with Crippen molar-refractivity contribution in [3.8, 4) is 0 Å². The lowest BCUT2D eigenvalue weighted by Crippen LogP contribution is -1.93. The quantitative estimate of drug-likeness (QED) is 0.536. The molecule has 0 saturated heterocycles. The summed E-state index contributed by atoms with van der Waals surface area (Å²) in [7, 11) is 0. The first kappa shape index (κ1) is 10.2. The van der Waals surface area contributed by atoms with Crippen molar-refractivity contribution in [1.82, 2.24) is 0 Å². The molecule has 3 heteroatoms. The van der Waals surface area contributed by atoms with Gasteiger partial charge in [-0.2, -0.15) is 0 Å². The Bertz CT molecular complexity index is 299. The molecular weight excluding hydrogens is 191 g/mol. The van der Waals surface area contributed by atoms with E-state index in [4.69, 9.17) is 16.3 Å². The molecule has 0 fully saturated rings. The molecule has 0 aliphatic rings. The standard InChI is InChI=1S/C10H10ClFO/c1-2-5-13-7-8-3-4-9(11)10(12)6-8/h2-4,6H,1,5,7H2. The zero-order valence-corrected chi connectivity index (χ0v) is 7.85. The highest BCUT2D eigenvalue weighted by molar-refractivity contribution is 6.30. The van der Waals surface area contributed by atoms with Crippen molar-refractivity contribution in [2.45, 2.75) is 6.61 Å². The molecule has 0 N–H and O–H groups in total. The molecule has 13 heavy (non-hydrogen) atoms. The molecule has 1 aromatic carbocycles. The van der Waals surface area contributed by atoms with E-state index in [9.17, 15) is 4.39 Å². The van der Waals surface area contributed by atoms with Crippen LogP contribution in [0.25, 0.3) is 0 Å². The summed E-state index contributed by atoms with van der Waals surface area (Å²) in [5, 5.41) is 0.132. The molecule has 1 nitrogen and oxygen atoms in total. The van der Waals surface area contributed by atoms with E-state index in [0.717, 1.165) is 5.56 Å². The van der Waals surface area contributed by atoms with E-state index in [2.05, 4.69) is 6.58 Å². The van der Waals surface area contributed by atoms with Gasteiger partial charge in [0.2, 0.25) is 0 Å². The summed E-state index contributed by atoms with van der Waals surface area (Å²) in [6.45, 7) is 4.34. The van der Waals surface area contributed by atoms with Gasteiger partial charge in [0.1, 0.15) is 5.82 Å². The third-order valence-corrected chi connectivity index (χ3v) is 1.79. The Morgan fingerprint density at radius 1 is 1.54 bits per heavy atom. The van der Waals surface area contributed by atoms with Crippen LogP contribution in [-0.4, -0.2) is 6.61 Å². The van der Waals surface area contributed by atoms with Crippen LogP contribution in [0.3, 0.4) is 0 Å². The van der Waals surface area contributed by atoms with E-state index >= 15 is 0 Å². The maximum Gasteiger partial charge on any atom is 0.142 e. The minimum absolute atomic E-state index is 0.132. The van der Waals surface area contributed by atoms with Crippen LogP contribution in [0, 0.1) is 5.82 Å². The average molecular weight is 201 g/mol. The van der Waals surface area contributed by atoms with Crippen molar-refractivity contribution in [3.63, 3.8) is 0 Å². The molecule has 0 aromatic heterocycles. The Balaban J connectivity index is 2.57. The van der Waals surface area contributed by atoms with Gasteiger partial charge in [0.25, 0.3) is 0 Å². The van der Waals surface area contributed by atoms with Crippen LogP contribution in [0.15, 0.2) is 30.9 Å². The lowest BCUT2D eigenvalue weighted by Gasteiger charge is -2.02. The molecule has 0 atom stereocenters. The summed E-state index contributed by atoms with van der Waals surface area (Å²) >= 11 is 5.51. The molecule has 0 spiro atoms. The summed E-state index contributed by atoms with van der Waals surface area (Å²) in [6.07, 6.45) is 1.65. The van der Waals surface area contributed by atoms with Crippen LogP contribution in [0.1, 0.15) is 5.56 Å². The van der Waals surface area contributed by atoms with Gasteiger partial charge in [0, 0.05) is 0 Å². The van der Waals surface area contributed by atoms with Crippen molar-refractivity contribution in [2.24, 2.45) is 0 Å². The largest absolute Gasteiger partial charge is 0.373 e. The van der Waals surface area contributed by atoms with Crippen LogP contribution in [0.4, 0.5) is 4.39 Å². The Hall–Kier alpha value is -0.860. The molecule has 0 amide bonds. The highest BCUT2D eigenvalue weighted by Crippen LogP contribution is 2.15. The Labute approximate surface area is 81.8 Å². The molecule has 0 bridgehead atoms. The molecule has 0 aliphatic carbocycles. The van der Waals surface area contributed by atoms with Crippen LogP contribution >= 0.6 is 11.6 Å². The zero-order valence-electron chi connectivity index (χ0n) is 7.09. The second-order valence-electron chi connectivity index (χ2n) is 2.55. The van der Waals surface area contributed by atoms with Gasteiger partial charge in [-0.05, 0) is 17.7 Å². The van der Waals surface area contributed by atoms with Gasteiger partial charge in [-0.25, -0.2) is 4.39 Å². The van der Waals surface area contributed by atoms with E-state index in [1.54, 1.807) is 12.1 Å². The van der Waals surface area contributed by atoms with Crippen molar-refractivity contribution >= 4 is 11.6 Å². The topological polar surface area (TPSA) is 9.23 Å². The maximum absolute atomic E-state index is 12.9. The fourth-order valence-corrected chi connectivity index (χ4v) is 1.01. The number of halogens is 2. The van der Waals surface area contributed by atoms with Gasteiger partial charge >= 0.3 is 0 Å². The average Bonchev–Trinajstić information content (AvgIpc) is 2.12. The second-order valence-corrected chi connectivity index (χ2v) is 2.96. The smallest absolute Gasteiger partial charge is 0.142 e. The highest BCUT2D eigenvalue weighted by atomic mass is 35.5. The molecular formula is C10H10ClFO. The molecule has 0 heterocycles. The molecule has 0 aliphatic heterocycles. The van der Waals surface area contributed by atoms with Crippen molar-refractivity contribution < 1.29 is 9.13 Å². The summed E-state index contributed by atoms with van der Waals surface area (Å²) in [5.74, 6) is -0.415. The van der Waals surface area contributed by atoms with Crippen LogP contribution in [0.2, 0.25) is 5.02 Å². The summed E-state index contributed by atoms with van der Waals surface area (Å²) in [6, 6.07) is 4.61. The first-order chi connectivity index (χ1) is 6.24. The van der Waals surface area contributed by atoms with E-state index in [-0.39, 0.29) is 5.02 Å².